The summed E-state index contributed by atoms with van der Waals surface area (Å²) in [7, 11) is 4.49. The quantitative estimate of drug-likeness (QED) is 0.0207. The van der Waals surface area contributed by atoms with Crippen LogP contribution in [0.2, 0.25) is 0 Å². The van der Waals surface area contributed by atoms with Crippen molar-refractivity contribution in [2.75, 3.05) is 60.7 Å². The topological polar surface area (TPSA) is 184 Å². The Morgan fingerprint density at radius 3 is 1.23 bits per heavy atom. The summed E-state index contributed by atoms with van der Waals surface area (Å²) in [6.07, 6.45) is 36.5. The van der Waals surface area contributed by atoms with Crippen LogP contribution < -0.4 is 10.1 Å². The van der Waals surface area contributed by atoms with Gasteiger partial charge in [-0.15, -0.1) is 0 Å². The number of halogens is 1. The number of aromatic hydroxyl groups is 1. The molecule has 0 saturated heterocycles. The van der Waals surface area contributed by atoms with Gasteiger partial charge in [-0.1, -0.05) is 161 Å². The monoisotopic (exact) mass is 1020 g/mol. The Hall–Kier alpha value is -4.43. The highest BCUT2D eigenvalue weighted by molar-refractivity contribution is 6.66. The van der Waals surface area contributed by atoms with E-state index in [1.807, 2.05) is 6.92 Å². The molecule has 0 heterocycles. The third-order valence-corrected chi connectivity index (χ3v) is 11.3. The zero-order chi connectivity index (χ0) is 53.4. The van der Waals surface area contributed by atoms with Crippen molar-refractivity contribution in [3.8, 4) is 11.5 Å². The second kappa shape index (κ2) is 56.5. The Labute approximate surface area is 434 Å². The number of unbranched alkanes of at least 4 members (excludes halogenated alkanes) is 25. The highest BCUT2D eigenvalue weighted by Gasteiger charge is 2.15. The van der Waals surface area contributed by atoms with Gasteiger partial charge in [0.15, 0.2) is 0 Å². The molecule has 1 aromatic carbocycles. The molecular weight excluding hydrogens is 928 g/mol. The van der Waals surface area contributed by atoms with E-state index >= 15 is 0 Å². The Bertz CT molecular complexity index is 1460. The third-order valence-electron chi connectivity index (χ3n) is 11.2. The van der Waals surface area contributed by atoms with Gasteiger partial charge in [-0.3, -0.25) is 28.8 Å². The van der Waals surface area contributed by atoms with Gasteiger partial charge < -0.3 is 39.0 Å². The van der Waals surface area contributed by atoms with E-state index in [2.05, 4.69) is 27.9 Å². The fraction of sp³-hybridized carbons (Fsp3) is 0.714. The number of nitrogens with one attached hydrogen (secondary N) is 1. The molecule has 410 valence electrons. The lowest BCUT2D eigenvalue weighted by molar-refractivity contribution is -0.147. The minimum absolute atomic E-state index is 0.00394. The van der Waals surface area contributed by atoms with Gasteiger partial charge in [-0.25, -0.2) is 0 Å². The van der Waals surface area contributed by atoms with Crippen molar-refractivity contribution in [1.29, 1.82) is 0 Å². The maximum atomic E-state index is 11.8. The molecule has 1 rings (SSSR count). The van der Waals surface area contributed by atoms with Gasteiger partial charge in [0.2, 0.25) is 11.1 Å². The minimum Gasteiger partial charge on any atom is -0.508 e. The molecule has 0 aliphatic heterocycles. The summed E-state index contributed by atoms with van der Waals surface area (Å²) < 4.78 is 23.9. The molecule has 0 atom stereocenters. The second-order valence-electron chi connectivity index (χ2n) is 17.2. The van der Waals surface area contributed by atoms with E-state index in [-0.39, 0.29) is 42.1 Å². The van der Waals surface area contributed by atoms with Crippen molar-refractivity contribution in [2.45, 2.75) is 200 Å². The summed E-state index contributed by atoms with van der Waals surface area (Å²) in [6, 6.07) is 6.57. The normalized spacial score (nSPS) is 10.1. The van der Waals surface area contributed by atoms with Crippen molar-refractivity contribution in [3.63, 3.8) is 0 Å². The number of nitrogens with zero attached hydrogens (tertiary/aromatic N) is 1. The van der Waals surface area contributed by atoms with Crippen LogP contribution in [-0.4, -0.2) is 106 Å². The van der Waals surface area contributed by atoms with Gasteiger partial charge >= 0.3 is 23.9 Å². The highest BCUT2D eigenvalue weighted by atomic mass is 35.5. The van der Waals surface area contributed by atoms with Crippen molar-refractivity contribution < 1.29 is 57.6 Å². The molecule has 2 N–H and O–H groups in total. The first-order valence-electron chi connectivity index (χ1n) is 26.6. The van der Waals surface area contributed by atoms with E-state index in [0.29, 0.717) is 39.1 Å². The highest BCUT2D eigenvalue weighted by Crippen LogP contribution is 2.16. The predicted molar refractivity (Wildman–Crippen MR) is 287 cm³/mol. The number of carbonyl (C=O) groups is 6. The summed E-state index contributed by atoms with van der Waals surface area (Å²) in [5, 5.41) is 11.4. The van der Waals surface area contributed by atoms with E-state index < -0.39 is 5.24 Å². The number of hydrogen-bond acceptors (Lipinski definition) is 13. The number of hydrogen-bond donors (Lipinski definition) is 2. The first-order chi connectivity index (χ1) is 34.3. The molecule has 0 aliphatic carbocycles. The molecule has 0 aromatic heterocycles. The molecule has 1 amide bonds. The smallest absolute Gasteiger partial charge is 0.325 e. The van der Waals surface area contributed by atoms with E-state index in [9.17, 15) is 28.8 Å². The Balaban J connectivity index is -0.00000102. The number of phenolic OH excluding ortho intramolecular Hbond substituents is 1. The van der Waals surface area contributed by atoms with Crippen LogP contribution in [0.5, 0.6) is 11.5 Å². The number of ether oxygens (including phenoxy) is 5. The number of methoxy groups -OCH3 is 3. The molecule has 1 aromatic rings. The van der Waals surface area contributed by atoms with E-state index in [1.54, 1.807) is 38.3 Å². The lowest BCUT2D eigenvalue weighted by atomic mass is 10.0. The van der Waals surface area contributed by atoms with Crippen LogP contribution in [0.4, 0.5) is 0 Å². The molecule has 0 fully saturated rings. The van der Waals surface area contributed by atoms with E-state index in [0.717, 1.165) is 69.7 Å². The molecule has 71 heavy (non-hydrogen) atoms. The fourth-order valence-corrected chi connectivity index (χ4v) is 7.10. The van der Waals surface area contributed by atoms with Crippen LogP contribution in [0, 0.1) is 0 Å². The minimum atomic E-state index is -0.509. The lowest BCUT2D eigenvalue weighted by Crippen LogP contribution is -2.36. The number of esters is 4. The molecule has 0 bridgehead atoms. The van der Waals surface area contributed by atoms with Crippen molar-refractivity contribution >= 4 is 46.6 Å². The number of allylic oxidation sites excluding steroid dienone is 1. The lowest BCUT2D eigenvalue weighted by Gasteiger charge is -2.20. The Morgan fingerprint density at radius 2 is 0.887 bits per heavy atom. The van der Waals surface area contributed by atoms with Crippen molar-refractivity contribution in [3.05, 3.63) is 49.6 Å². The summed E-state index contributed by atoms with van der Waals surface area (Å²) in [5.74, 6) is 0.0926. The largest absolute Gasteiger partial charge is 0.508 e. The molecule has 0 aliphatic rings. The molecule has 0 saturated carbocycles. The molecule has 14 nitrogen and oxygen atoms in total. The molecule has 15 heteroatoms. The van der Waals surface area contributed by atoms with Crippen molar-refractivity contribution in [2.24, 2.45) is 0 Å². The van der Waals surface area contributed by atoms with E-state index in [1.165, 1.54) is 147 Å². The summed E-state index contributed by atoms with van der Waals surface area (Å²) in [5.41, 5.74) is 0. The van der Waals surface area contributed by atoms with Gasteiger partial charge in [-0.05, 0) is 94.1 Å². The van der Waals surface area contributed by atoms with Crippen LogP contribution in [0.3, 0.4) is 0 Å². The summed E-state index contributed by atoms with van der Waals surface area (Å²) in [6.45, 7) is 12.8. The van der Waals surface area contributed by atoms with Gasteiger partial charge in [0, 0.05) is 19.4 Å². The maximum absolute atomic E-state index is 11.8. The standard InChI is InChI=1S/C24H43NO5.C22H43NO4.C7H8O2.C3H3ClO/c1-4-22(26)25(21-24(28)30-5-2)20-18-16-14-12-10-8-6-7-9-11-13-15-17-19-23(27)29-3;1-3-27-22(25)20-23-19-17-15-13-11-9-7-5-4-6-8-10-12-14-16-18-21(24)26-2;1-9-7-4-2-6(8)3-5-7;1-2-3(4)5/h4H,1,5-21H2,2-3H3;23H,3-20H2,1-2H3;2-5,8H,1H3;2H,1H2. The second-order valence-corrected chi connectivity index (χ2v) is 17.5. The van der Waals surface area contributed by atoms with E-state index in [4.69, 9.17) is 30.9 Å². The number of amides is 1. The number of carbonyl (C=O) groups excluding carboxylic acids is 6. The maximum Gasteiger partial charge on any atom is 0.325 e. The fourth-order valence-electron chi connectivity index (χ4n) is 7.10. The molecular formula is C56H97ClN2O12. The van der Waals surface area contributed by atoms with Gasteiger partial charge in [0.25, 0.3) is 0 Å². The third kappa shape index (κ3) is 56.4. The van der Waals surface area contributed by atoms with Gasteiger partial charge in [-0.2, -0.15) is 0 Å². The van der Waals surface area contributed by atoms with Crippen LogP contribution >= 0.6 is 11.6 Å². The van der Waals surface area contributed by atoms with Gasteiger partial charge in [0.1, 0.15) is 18.0 Å². The van der Waals surface area contributed by atoms with Crippen LogP contribution in [0.15, 0.2) is 49.6 Å². The number of rotatable bonds is 42. The average molecular weight is 1030 g/mol. The molecule has 0 spiro atoms. The van der Waals surface area contributed by atoms with Crippen molar-refractivity contribution in [1.82, 2.24) is 10.2 Å². The zero-order valence-corrected chi connectivity index (χ0v) is 45.6. The first-order valence-corrected chi connectivity index (χ1v) is 26.9. The zero-order valence-electron chi connectivity index (χ0n) is 44.9. The van der Waals surface area contributed by atoms with Crippen LogP contribution in [0.25, 0.3) is 0 Å². The number of phenols is 1. The Morgan fingerprint density at radius 1 is 0.535 bits per heavy atom. The SMILES string of the molecule is C=CC(=O)Cl.C=CC(=O)N(CCCCCCCCCCCCCCCC(=O)OC)CC(=O)OCC.CCOC(=O)CNCCCCCCCCCCCCCCCCC(=O)OC.COc1ccc(O)cc1. The summed E-state index contributed by atoms with van der Waals surface area (Å²) >= 11 is 4.71. The van der Waals surface area contributed by atoms with Crippen LogP contribution in [-0.2, 0) is 47.7 Å². The van der Waals surface area contributed by atoms with Crippen LogP contribution in [0.1, 0.15) is 200 Å². The predicted octanol–water partition coefficient (Wildman–Crippen LogP) is 12.7. The molecule has 0 radical (unpaired) electrons. The van der Waals surface area contributed by atoms with Gasteiger partial charge in [0.05, 0.1) is 41.1 Å². The summed E-state index contributed by atoms with van der Waals surface area (Å²) in [4.78, 5) is 67.5. The number of benzene rings is 1. The first kappa shape index (κ1) is 70.8. The average Bonchev–Trinajstić information content (AvgIpc) is 3.37. The molecule has 0 unspecified atom stereocenters. The Kier molecular flexibility index (Phi) is 56.3.